The Balaban J connectivity index is 1.31. The van der Waals surface area contributed by atoms with Gasteiger partial charge in [0.05, 0.1) is 16.2 Å². The Morgan fingerprint density at radius 3 is 2.35 bits per heavy atom. The molecule has 15 heteroatoms. The number of aromatic nitrogens is 3. The van der Waals surface area contributed by atoms with Gasteiger partial charge >= 0.3 is 6.36 Å². The molecule has 1 aliphatic carbocycles. The number of hydrogen-bond acceptors (Lipinski definition) is 9. The van der Waals surface area contributed by atoms with E-state index in [4.69, 9.17) is 23.2 Å². The lowest BCUT2D eigenvalue weighted by molar-refractivity contribution is -0.714. The van der Waals surface area contributed by atoms with E-state index in [0.717, 1.165) is 37.4 Å². The Bertz CT molecular complexity index is 1260. The van der Waals surface area contributed by atoms with E-state index in [0.29, 0.717) is 23.1 Å². The van der Waals surface area contributed by atoms with E-state index in [-0.39, 0.29) is 47.3 Å². The molecule has 0 amide bonds. The molecular weight excluding hydrogens is 574 g/mol. The fourth-order valence-electron chi connectivity index (χ4n) is 4.46. The number of alkyl halides is 3. The highest BCUT2D eigenvalue weighted by molar-refractivity contribution is 6.35. The van der Waals surface area contributed by atoms with E-state index in [1.165, 1.54) is 18.2 Å². The van der Waals surface area contributed by atoms with Crippen LogP contribution in [-0.4, -0.2) is 33.9 Å². The molecule has 4 N–H and O–H groups in total. The number of nitrogens with one attached hydrogen (secondary N) is 4. The molecule has 0 bridgehead atoms. The molecule has 1 aliphatic rings. The monoisotopic (exact) mass is 600 g/mol. The Kier molecular flexibility index (Phi) is 10.2. The van der Waals surface area contributed by atoms with Gasteiger partial charge in [-0.15, -0.1) is 13.2 Å². The molecular formula is C25H27Cl2F3N7O3-. The summed E-state index contributed by atoms with van der Waals surface area (Å²) in [6.45, 7) is 0.934. The maximum Gasteiger partial charge on any atom is 0.573 e. The number of quaternary nitrogens is 1. The lowest BCUT2D eigenvalue weighted by Crippen LogP contribution is -2.96. The van der Waals surface area contributed by atoms with Gasteiger partial charge in [0.25, 0.3) is 0 Å². The second-order valence-corrected chi connectivity index (χ2v) is 10.1. The zero-order valence-electron chi connectivity index (χ0n) is 21.1. The molecule has 10 nitrogen and oxygen atoms in total. The highest BCUT2D eigenvalue weighted by Gasteiger charge is 2.32. The topological polar surface area (TPSA) is 135 Å². The largest absolute Gasteiger partial charge is 0.627 e. The van der Waals surface area contributed by atoms with E-state index < -0.39 is 11.6 Å². The van der Waals surface area contributed by atoms with Crippen LogP contribution in [0, 0.1) is 16.3 Å². The Morgan fingerprint density at radius 1 is 0.975 bits per heavy atom. The van der Waals surface area contributed by atoms with Crippen LogP contribution in [-0.2, 0) is 13.1 Å². The van der Waals surface area contributed by atoms with E-state index in [1.807, 2.05) is 0 Å². The van der Waals surface area contributed by atoms with Crippen molar-refractivity contribution in [1.82, 2.24) is 20.3 Å². The number of anilines is 2. The van der Waals surface area contributed by atoms with Crippen LogP contribution in [0.4, 0.5) is 30.6 Å². The number of ether oxygens (including phenoxy) is 1. The number of hydrogen-bond donors (Lipinski definition) is 4. The molecule has 3 aromatic rings. The van der Waals surface area contributed by atoms with Gasteiger partial charge in [-0.05, 0) is 37.7 Å². The summed E-state index contributed by atoms with van der Waals surface area (Å²) in [7, 11) is 0. The number of pyridine rings is 1. The summed E-state index contributed by atoms with van der Waals surface area (Å²) in [6.07, 6.45) is 3.00. The first kappa shape index (κ1) is 30.0. The van der Waals surface area contributed by atoms with Gasteiger partial charge in [-0.25, -0.2) is 4.98 Å². The first-order chi connectivity index (χ1) is 19.1. The average Bonchev–Trinajstić information content (AvgIpc) is 2.91. The second-order valence-electron chi connectivity index (χ2n) is 9.31. The van der Waals surface area contributed by atoms with E-state index in [9.17, 15) is 23.6 Å². The van der Waals surface area contributed by atoms with Crippen molar-refractivity contribution < 1.29 is 23.1 Å². The third kappa shape index (κ3) is 8.53. The van der Waals surface area contributed by atoms with Crippen LogP contribution in [0.25, 0.3) is 0 Å². The number of rotatable bonds is 11. The summed E-state index contributed by atoms with van der Waals surface area (Å²) in [5, 5.41) is 32.2. The lowest BCUT2D eigenvalue weighted by Gasteiger charge is -2.30. The quantitative estimate of drug-likeness (QED) is 0.225. The Labute approximate surface area is 238 Å². The molecule has 1 fully saturated rings. The molecule has 40 heavy (non-hydrogen) atoms. The van der Waals surface area contributed by atoms with Crippen molar-refractivity contribution in [2.24, 2.45) is 5.92 Å². The summed E-state index contributed by atoms with van der Waals surface area (Å²) >= 11 is 12.4. The van der Waals surface area contributed by atoms with Crippen LogP contribution in [0.15, 0.2) is 42.9 Å². The number of benzene rings is 1. The first-order valence-electron chi connectivity index (χ1n) is 12.5. The van der Waals surface area contributed by atoms with Gasteiger partial charge in [0.15, 0.2) is 11.5 Å². The maximum atomic E-state index is 12.7. The van der Waals surface area contributed by atoms with E-state index in [2.05, 4.69) is 35.6 Å². The zero-order valence-corrected chi connectivity index (χ0v) is 22.6. The van der Waals surface area contributed by atoms with Crippen LogP contribution in [0.2, 0.25) is 10.0 Å². The Morgan fingerprint density at radius 2 is 1.68 bits per heavy atom. The second kappa shape index (κ2) is 13.6. The summed E-state index contributed by atoms with van der Waals surface area (Å²) in [5.41, 5.74) is 0.815. The molecule has 0 atom stereocenters. The first-order valence-corrected chi connectivity index (χ1v) is 13.3. The van der Waals surface area contributed by atoms with Crippen LogP contribution >= 0.6 is 23.2 Å². The van der Waals surface area contributed by atoms with Crippen LogP contribution in [0.5, 0.6) is 5.75 Å². The number of halogens is 5. The minimum Gasteiger partial charge on any atom is -0.627 e. The number of nitrogens with zero attached hydrogens (tertiary/aromatic N) is 3. The van der Waals surface area contributed by atoms with Gasteiger partial charge in [0.1, 0.15) is 5.75 Å². The maximum absolute atomic E-state index is 12.7. The van der Waals surface area contributed by atoms with E-state index in [1.54, 1.807) is 18.5 Å². The average molecular weight is 601 g/mol. The van der Waals surface area contributed by atoms with Crippen LogP contribution in [0.1, 0.15) is 36.8 Å². The van der Waals surface area contributed by atoms with E-state index >= 15 is 0 Å². The minimum absolute atomic E-state index is 0.0376. The molecule has 4 rings (SSSR count). The standard InChI is InChI=1S/C25H27Cl2F3N7O3/c26-19-12-31-13-20(27)18(19)11-32-17-7-5-15(6-8-17)9-33-23-21(37(38)39)14-35-24(36-23)34-10-16-3-1-2-4-22(16)40-25(28,29)30/h1-4,12-15,17,32,37H,5-11H2,(H2,33,34,35,36)/q-1. The summed E-state index contributed by atoms with van der Waals surface area (Å²) in [4.78, 5) is 12.2. The highest BCUT2D eigenvalue weighted by Crippen LogP contribution is 2.29. The molecule has 0 radical (unpaired) electrons. The molecule has 2 aromatic heterocycles. The fraction of sp³-hybridized carbons (Fsp3) is 0.400. The molecule has 0 spiro atoms. The summed E-state index contributed by atoms with van der Waals surface area (Å²) in [5.74, 6) is 0.0259. The smallest absolute Gasteiger partial charge is 0.573 e. The Hall–Kier alpha value is -2.94. The predicted molar refractivity (Wildman–Crippen MR) is 145 cm³/mol. The molecule has 1 aromatic carbocycles. The summed E-state index contributed by atoms with van der Waals surface area (Å²) < 4.78 is 42.2. The molecule has 0 unspecified atom stereocenters. The lowest BCUT2D eigenvalue weighted by atomic mass is 9.86. The van der Waals surface area contributed by atoms with Crippen molar-refractivity contribution in [3.8, 4) is 5.75 Å². The fourth-order valence-corrected chi connectivity index (χ4v) is 4.96. The predicted octanol–water partition coefficient (Wildman–Crippen LogP) is 4.96. The highest BCUT2D eigenvalue weighted by atomic mass is 35.5. The van der Waals surface area contributed by atoms with Crippen LogP contribution in [0.3, 0.4) is 0 Å². The van der Waals surface area contributed by atoms with Gasteiger partial charge in [0, 0.05) is 49.2 Å². The van der Waals surface area contributed by atoms with Crippen molar-refractivity contribution in [2.75, 3.05) is 17.2 Å². The molecule has 1 saturated carbocycles. The number of para-hydroxylation sites is 1. The van der Waals surface area contributed by atoms with Crippen LogP contribution < -0.4 is 25.9 Å². The normalized spacial score (nSPS) is 17.6. The molecule has 2 heterocycles. The minimum atomic E-state index is -4.84. The molecule has 216 valence electrons. The van der Waals surface area contributed by atoms with Crippen molar-refractivity contribution in [2.45, 2.75) is 51.2 Å². The third-order valence-electron chi connectivity index (χ3n) is 6.57. The van der Waals surface area contributed by atoms with Crippen molar-refractivity contribution in [3.05, 3.63) is 74.4 Å². The summed E-state index contributed by atoms with van der Waals surface area (Å²) in [6, 6.07) is 5.95. The SMILES string of the molecule is [O-][NH+]([O-])c1cnc(NCc2ccccc2OC(F)(F)F)nc1NCC1CCC(NCc2c(Cl)cncc2Cl)CC1. The van der Waals surface area contributed by atoms with Gasteiger partial charge < -0.3 is 36.3 Å². The van der Waals surface area contributed by atoms with Crippen molar-refractivity contribution in [3.63, 3.8) is 0 Å². The van der Waals surface area contributed by atoms with Gasteiger partial charge in [-0.2, -0.15) is 4.98 Å². The third-order valence-corrected chi connectivity index (χ3v) is 7.22. The van der Waals surface area contributed by atoms with Crippen molar-refractivity contribution >= 4 is 40.7 Å². The molecule has 0 aliphatic heterocycles. The molecule has 0 saturated heterocycles. The van der Waals surface area contributed by atoms with Crippen molar-refractivity contribution in [1.29, 1.82) is 0 Å². The van der Waals surface area contributed by atoms with Gasteiger partial charge in [-0.3, -0.25) is 4.98 Å². The van der Waals surface area contributed by atoms with Gasteiger partial charge in [-0.1, -0.05) is 41.4 Å². The van der Waals surface area contributed by atoms with Gasteiger partial charge in [0.2, 0.25) is 5.95 Å². The zero-order chi connectivity index (χ0) is 28.7.